The van der Waals surface area contributed by atoms with E-state index in [-0.39, 0.29) is 6.47 Å². The molecule has 23 heavy (non-hydrogen) atoms. The number of aromatic hydroxyl groups is 1. The summed E-state index contributed by atoms with van der Waals surface area (Å²) in [6.07, 6.45) is 6.32. The van der Waals surface area contributed by atoms with Gasteiger partial charge in [-0.25, -0.2) is 0 Å². The van der Waals surface area contributed by atoms with Crippen molar-refractivity contribution in [1.29, 1.82) is 0 Å². The van der Waals surface area contributed by atoms with Gasteiger partial charge in [0.15, 0.2) is 0 Å². The predicted octanol–water partition coefficient (Wildman–Crippen LogP) is 3.26. The van der Waals surface area contributed by atoms with Crippen LogP contribution in [0.4, 0.5) is 5.69 Å². The number of aliphatic imine (C=N–C) groups is 1. The largest absolute Gasteiger partial charge is 0.507 e. The van der Waals surface area contributed by atoms with Crippen LogP contribution in [0, 0.1) is 0 Å². The van der Waals surface area contributed by atoms with E-state index < -0.39 is 0 Å². The molecule has 0 bridgehead atoms. The number of carbonyl (C=O) groups is 1. The van der Waals surface area contributed by atoms with Crippen molar-refractivity contribution in [1.82, 2.24) is 0 Å². The van der Waals surface area contributed by atoms with Gasteiger partial charge in [0.1, 0.15) is 5.75 Å². The lowest BCUT2D eigenvalue weighted by Crippen LogP contribution is -2.34. The number of hydrogen-bond acceptors (Lipinski definition) is 4. The SMILES string of the molecule is CC.CCN=Cc1cc2c3c(c1O)CCCN3CCC2.O=CO. The summed E-state index contributed by atoms with van der Waals surface area (Å²) in [6, 6.07) is 2.13. The Morgan fingerprint density at radius 3 is 2.48 bits per heavy atom. The molecule has 5 nitrogen and oxygen atoms in total. The number of nitrogens with zero attached hydrogens (tertiary/aromatic N) is 2. The third-order valence-electron chi connectivity index (χ3n) is 3.94. The Hall–Kier alpha value is -2.04. The molecule has 0 unspecified atom stereocenters. The normalized spacial score (nSPS) is 15.0. The van der Waals surface area contributed by atoms with Crippen LogP contribution in [0.1, 0.15) is 50.3 Å². The third-order valence-corrected chi connectivity index (χ3v) is 3.94. The monoisotopic (exact) mass is 320 g/mol. The van der Waals surface area contributed by atoms with Crippen LogP contribution in [0.25, 0.3) is 0 Å². The average Bonchev–Trinajstić information content (AvgIpc) is 2.59. The van der Waals surface area contributed by atoms with Gasteiger partial charge in [-0.3, -0.25) is 9.79 Å². The first kappa shape index (κ1) is 19.0. The molecule has 0 aromatic heterocycles. The van der Waals surface area contributed by atoms with Crippen LogP contribution in [-0.2, 0) is 17.6 Å². The van der Waals surface area contributed by atoms with Crippen molar-refractivity contribution < 1.29 is 15.0 Å². The van der Waals surface area contributed by atoms with Gasteiger partial charge in [0.05, 0.1) is 0 Å². The maximum absolute atomic E-state index is 10.4. The van der Waals surface area contributed by atoms with Crippen LogP contribution in [0.3, 0.4) is 0 Å². The van der Waals surface area contributed by atoms with E-state index >= 15 is 0 Å². The quantitative estimate of drug-likeness (QED) is 0.648. The second-order valence-corrected chi connectivity index (χ2v) is 5.23. The molecule has 0 saturated heterocycles. The van der Waals surface area contributed by atoms with Crippen LogP contribution >= 0.6 is 0 Å². The van der Waals surface area contributed by atoms with Crippen LogP contribution in [0.5, 0.6) is 5.75 Å². The highest BCUT2D eigenvalue weighted by atomic mass is 16.3. The number of rotatable bonds is 2. The highest BCUT2D eigenvalue weighted by Gasteiger charge is 2.27. The number of phenols is 1. The van der Waals surface area contributed by atoms with Gasteiger partial charge in [0.2, 0.25) is 0 Å². The topological polar surface area (TPSA) is 73.1 Å². The maximum atomic E-state index is 10.4. The van der Waals surface area contributed by atoms with Gasteiger partial charge in [0.25, 0.3) is 6.47 Å². The minimum absolute atomic E-state index is 0.250. The zero-order valence-electron chi connectivity index (χ0n) is 14.4. The Bertz CT molecular complexity index is 540. The first-order valence-corrected chi connectivity index (χ1v) is 8.43. The number of phenolic OH excluding ortho intramolecular Hbond substituents is 1. The van der Waals surface area contributed by atoms with Gasteiger partial charge in [-0.15, -0.1) is 0 Å². The lowest BCUT2D eigenvalue weighted by atomic mass is 9.89. The minimum Gasteiger partial charge on any atom is -0.507 e. The Labute approximate surface area is 138 Å². The molecule has 0 atom stereocenters. The van der Waals surface area contributed by atoms with Crippen LogP contribution in [-0.4, -0.2) is 42.5 Å². The molecule has 2 aliphatic rings. The Kier molecular flexibility index (Phi) is 8.16. The second-order valence-electron chi connectivity index (χ2n) is 5.23. The Morgan fingerprint density at radius 1 is 1.26 bits per heavy atom. The van der Waals surface area contributed by atoms with E-state index in [9.17, 15) is 5.11 Å². The zero-order chi connectivity index (χ0) is 17.2. The van der Waals surface area contributed by atoms with E-state index in [4.69, 9.17) is 9.90 Å². The molecule has 0 saturated carbocycles. The molecule has 5 heteroatoms. The van der Waals surface area contributed by atoms with E-state index in [1.807, 2.05) is 27.0 Å². The van der Waals surface area contributed by atoms with E-state index in [1.54, 1.807) is 0 Å². The fourth-order valence-corrected chi connectivity index (χ4v) is 3.16. The van der Waals surface area contributed by atoms with Gasteiger partial charge in [-0.1, -0.05) is 13.8 Å². The second kappa shape index (κ2) is 9.87. The minimum atomic E-state index is -0.250. The smallest absolute Gasteiger partial charge is 0.290 e. The molecule has 3 rings (SSSR count). The molecule has 2 aliphatic heterocycles. The molecule has 0 radical (unpaired) electrons. The van der Waals surface area contributed by atoms with Crippen molar-refractivity contribution in [3.8, 4) is 5.75 Å². The zero-order valence-corrected chi connectivity index (χ0v) is 14.4. The van der Waals surface area contributed by atoms with Crippen LogP contribution in [0.15, 0.2) is 11.1 Å². The highest BCUT2D eigenvalue weighted by Crippen LogP contribution is 2.41. The maximum Gasteiger partial charge on any atom is 0.290 e. The molecule has 128 valence electrons. The molecular formula is C18H28N2O3. The standard InChI is InChI=1S/C15H20N2O.C2H6.CH2O2/c1-2-16-10-12-9-11-5-3-7-17-8-4-6-13(14(11)17)15(12)18;1-2;2-1-3/h9-10,18H,2-8H2,1H3;1-2H3;1H,(H,2,3). The fourth-order valence-electron chi connectivity index (χ4n) is 3.16. The summed E-state index contributed by atoms with van der Waals surface area (Å²) in [5, 5.41) is 17.3. The van der Waals surface area contributed by atoms with Crippen LogP contribution < -0.4 is 4.90 Å². The molecular weight excluding hydrogens is 292 g/mol. The Balaban J connectivity index is 0.000000477. The summed E-state index contributed by atoms with van der Waals surface area (Å²) in [4.78, 5) is 15.1. The molecule has 0 aliphatic carbocycles. The number of aryl methyl sites for hydroxylation is 1. The molecule has 1 aromatic rings. The summed E-state index contributed by atoms with van der Waals surface area (Å²) in [5.41, 5.74) is 4.76. The summed E-state index contributed by atoms with van der Waals surface area (Å²) in [6.45, 7) is 8.80. The van der Waals surface area contributed by atoms with Crippen molar-refractivity contribution in [2.24, 2.45) is 4.99 Å². The third kappa shape index (κ3) is 4.47. The first-order valence-electron chi connectivity index (χ1n) is 8.43. The Morgan fingerprint density at radius 2 is 1.87 bits per heavy atom. The molecule has 2 N–H and O–H groups in total. The molecule has 1 aromatic carbocycles. The average molecular weight is 320 g/mol. The molecule has 2 heterocycles. The molecule has 0 fully saturated rings. The lowest BCUT2D eigenvalue weighted by molar-refractivity contribution is -0.122. The van der Waals surface area contributed by atoms with Gasteiger partial charge in [0, 0.05) is 42.7 Å². The van der Waals surface area contributed by atoms with Gasteiger partial charge in [-0.2, -0.15) is 0 Å². The van der Waals surface area contributed by atoms with Crippen molar-refractivity contribution in [2.75, 3.05) is 24.5 Å². The van der Waals surface area contributed by atoms with Crippen molar-refractivity contribution in [3.63, 3.8) is 0 Å². The fraction of sp³-hybridized carbons (Fsp3) is 0.556. The number of anilines is 1. The summed E-state index contributed by atoms with van der Waals surface area (Å²) in [7, 11) is 0. The lowest BCUT2D eigenvalue weighted by Gasteiger charge is -2.37. The van der Waals surface area contributed by atoms with E-state index in [1.165, 1.54) is 17.7 Å². The number of benzene rings is 1. The van der Waals surface area contributed by atoms with Gasteiger partial charge < -0.3 is 15.1 Å². The van der Waals surface area contributed by atoms with E-state index in [2.05, 4.69) is 16.0 Å². The summed E-state index contributed by atoms with van der Waals surface area (Å²) < 4.78 is 0. The molecule has 0 spiro atoms. The van der Waals surface area contributed by atoms with Crippen LogP contribution in [0.2, 0.25) is 0 Å². The number of carboxylic acid groups (broad SMARTS) is 1. The van der Waals surface area contributed by atoms with E-state index in [0.717, 1.165) is 50.0 Å². The summed E-state index contributed by atoms with van der Waals surface area (Å²) in [5.74, 6) is 0.456. The summed E-state index contributed by atoms with van der Waals surface area (Å²) >= 11 is 0. The first-order chi connectivity index (χ1) is 11.2. The van der Waals surface area contributed by atoms with Crippen molar-refractivity contribution in [2.45, 2.75) is 46.5 Å². The van der Waals surface area contributed by atoms with E-state index in [0.29, 0.717) is 5.75 Å². The van der Waals surface area contributed by atoms with Crippen molar-refractivity contribution in [3.05, 3.63) is 22.8 Å². The van der Waals surface area contributed by atoms with Gasteiger partial charge in [-0.05, 0) is 44.2 Å². The van der Waals surface area contributed by atoms with Crippen molar-refractivity contribution >= 4 is 18.4 Å². The predicted molar refractivity (Wildman–Crippen MR) is 95.1 cm³/mol. The molecule has 0 amide bonds. The number of hydrogen-bond donors (Lipinski definition) is 2. The highest BCUT2D eigenvalue weighted by molar-refractivity contribution is 5.87. The van der Waals surface area contributed by atoms with Gasteiger partial charge >= 0.3 is 0 Å².